The molecule has 0 bridgehead atoms. The second-order valence-corrected chi connectivity index (χ2v) is 4.61. The number of carbonyl (C=O) groups is 1. The summed E-state index contributed by atoms with van der Waals surface area (Å²) >= 11 is 0. The van der Waals surface area contributed by atoms with Crippen LogP contribution in [0.1, 0.15) is 37.7 Å². The maximum atomic E-state index is 12.5. The highest BCUT2D eigenvalue weighted by Gasteiger charge is 2.21. The lowest BCUT2D eigenvalue weighted by Crippen LogP contribution is -2.41. The molecular weight excluding hydrogens is 256 g/mol. The highest BCUT2D eigenvalue weighted by molar-refractivity contribution is 5.92. The van der Waals surface area contributed by atoms with Crippen LogP contribution in [0.5, 0.6) is 0 Å². The van der Waals surface area contributed by atoms with E-state index in [1.54, 1.807) is 18.2 Å². The summed E-state index contributed by atoms with van der Waals surface area (Å²) in [5.41, 5.74) is 0.357. The van der Waals surface area contributed by atoms with E-state index >= 15 is 0 Å². The van der Waals surface area contributed by atoms with Crippen LogP contribution in [0.25, 0.3) is 0 Å². The van der Waals surface area contributed by atoms with Crippen LogP contribution in [0.15, 0.2) is 12.4 Å². The smallest absolute Gasteiger partial charge is 0.274 e. The molecule has 1 amide bonds. The summed E-state index contributed by atoms with van der Waals surface area (Å²) < 4.78 is 5.11. The van der Waals surface area contributed by atoms with Crippen LogP contribution in [-0.2, 0) is 4.74 Å². The molecule has 0 aliphatic carbocycles. The molecule has 6 heteroatoms. The lowest BCUT2D eigenvalue weighted by Gasteiger charge is -2.27. The molecule has 0 aliphatic rings. The van der Waals surface area contributed by atoms with Crippen molar-refractivity contribution in [1.82, 2.24) is 14.9 Å². The Balaban J connectivity index is 2.83. The lowest BCUT2D eigenvalue weighted by molar-refractivity contribution is 0.0573. The van der Waals surface area contributed by atoms with Crippen molar-refractivity contribution in [3.63, 3.8) is 0 Å². The maximum absolute atomic E-state index is 12.5. The molecular formula is C14H24N4O2. The molecule has 20 heavy (non-hydrogen) atoms. The Bertz CT molecular complexity index is 425. The van der Waals surface area contributed by atoms with Crippen molar-refractivity contribution in [1.29, 1.82) is 0 Å². The molecule has 1 unspecified atom stereocenters. The van der Waals surface area contributed by atoms with Crippen LogP contribution in [0.4, 0.5) is 5.82 Å². The molecule has 1 atom stereocenters. The maximum Gasteiger partial charge on any atom is 0.274 e. The number of aromatic nitrogens is 2. The third-order valence-corrected chi connectivity index (χ3v) is 2.95. The summed E-state index contributed by atoms with van der Waals surface area (Å²) in [7, 11) is 1.63. The number of amides is 1. The van der Waals surface area contributed by atoms with Crippen LogP contribution in [0.3, 0.4) is 0 Å². The zero-order chi connectivity index (χ0) is 15.0. The van der Waals surface area contributed by atoms with Crippen molar-refractivity contribution in [3.8, 4) is 0 Å². The molecule has 0 aromatic carbocycles. The van der Waals surface area contributed by atoms with Crippen LogP contribution < -0.4 is 5.32 Å². The Kier molecular flexibility index (Phi) is 6.93. The van der Waals surface area contributed by atoms with Crippen molar-refractivity contribution in [3.05, 3.63) is 18.1 Å². The van der Waals surface area contributed by atoms with E-state index in [1.165, 1.54) is 6.20 Å². The van der Waals surface area contributed by atoms with Gasteiger partial charge in [-0.3, -0.25) is 9.78 Å². The summed E-state index contributed by atoms with van der Waals surface area (Å²) in [4.78, 5) is 22.6. The SMILES string of the molecule is CCCNc1cncc(C(=O)N(CC)C(C)COC)n1. The molecule has 1 aromatic heterocycles. The number of nitrogens with one attached hydrogen (secondary N) is 1. The number of ether oxygens (including phenoxy) is 1. The van der Waals surface area contributed by atoms with E-state index < -0.39 is 0 Å². The Morgan fingerprint density at radius 2 is 2.20 bits per heavy atom. The van der Waals surface area contributed by atoms with E-state index in [0.29, 0.717) is 24.7 Å². The van der Waals surface area contributed by atoms with Gasteiger partial charge in [0.1, 0.15) is 11.5 Å². The zero-order valence-electron chi connectivity index (χ0n) is 12.7. The summed E-state index contributed by atoms with van der Waals surface area (Å²) in [6, 6.07) is 0.00607. The third-order valence-electron chi connectivity index (χ3n) is 2.95. The van der Waals surface area contributed by atoms with Gasteiger partial charge in [-0.2, -0.15) is 0 Å². The fourth-order valence-electron chi connectivity index (χ4n) is 1.94. The largest absolute Gasteiger partial charge is 0.383 e. The normalized spacial score (nSPS) is 12.0. The first-order chi connectivity index (χ1) is 9.63. The number of rotatable bonds is 8. The predicted molar refractivity (Wildman–Crippen MR) is 78.9 cm³/mol. The van der Waals surface area contributed by atoms with E-state index in [1.807, 2.05) is 13.8 Å². The van der Waals surface area contributed by atoms with Gasteiger partial charge in [-0.15, -0.1) is 0 Å². The van der Waals surface area contributed by atoms with Crippen molar-refractivity contribution in [2.45, 2.75) is 33.2 Å². The van der Waals surface area contributed by atoms with Gasteiger partial charge in [0.05, 0.1) is 25.0 Å². The van der Waals surface area contributed by atoms with E-state index in [2.05, 4.69) is 22.2 Å². The number of anilines is 1. The van der Waals surface area contributed by atoms with Crippen LogP contribution >= 0.6 is 0 Å². The summed E-state index contributed by atoms with van der Waals surface area (Å²) in [5.74, 6) is 0.512. The molecule has 1 rings (SSSR count). The highest BCUT2D eigenvalue weighted by atomic mass is 16.5. The van der Waals surface area contributed by atoms with E-state index in [-0.39, 0.29) is 11.9 Å². The Labute approximate surface area is 120 Å². The monoisotopic (exact) mass is 280 g/mol. The van der Waals surface area contributed by atoms with Crippen LogP contribution in [-0.4, -0.2) is 53.6 Å². The summed E-state index contributed by atoms with van der Waals surface area (Å²) in [6.07, 6.45) is 4.12. The van der Waals surface area contributed by atoms with Gasteiger partial charge >= 0.3 is 0 Å². The Hall–Kier alpha value is -1.69. The standard InChI is InChI=1S/C14H24N4O2/c1-5-7-16-13-9-15-8-12(17-13)14(19)18(6-2)11(3)10-20-4/h8-9,11H,5-7,10H2,1-4H3,(H,16,17). The Morgan fingerprint density at radius 1 is 1.45 bits per heavy atom. The molecule has 0 fully saturated rings. The predicted octanol–water partition coefficient (Wildman–Crippen LogP) is 1.80. The number of carbonyl (C=O) groups excluding carboxylic acids is 1. The first kappa shape index (κ1) is 16.4. The number of hydrogen-bond acceptors (Lipinski definition) is 5. The summed E-state index contributed by atoms with van der Waals surface area (Å²) in [5, 5.41) is 3.13. The number of nitrogens with zero attached hydrogens (tertiary/aromatic N) is 3. The van der Waals surface area contributed by atoms with Gasteiger partial charge in [-0.05, 0) is 20.3 Å². The number of methoxy groups -OCH3 is 1. The van der Waals surface area contributed by atoms with Crippen LogP contribution in [0.2, 0.25) is 0 Å². The minimum absolute atomic E-state index is 0.00607. The molecule has 1 aromatic rings. The molecule has 0 saturated heterocycles. The van der Waals surface area contributed by atoms with Gasteiger partial charge in [-0.25, -0.2) is 4.98 Å². The van der Waals surface area contributed by atoms with E-state index in [0.717, 1.165) is 13.0 Å². The second kappa shape index (κ2) is 8.47. The van der Waals surface area contributed by atoms with Crippen molar-refractivity contribution < 1.29 is 9.53 Å². The minimum Gasteiger partial charge on any atom is -0.383 e. The van der Waals surface area contributed by atoms with Crippen molar-refractivity contribution in [2.75, 3.05) is 32.1 Å². The molecule has 0 spiro atoms. The second-order valence-electron chi connectivity index (χ2n) is 4.61. The lowest BCUT2D eigenvalue weighted by atomic mass is 10.2. The molecule has 1 heterocycles. The number of likely N-dealkylation sites (N-methyl/N-ethyl adjacent to an activating group) is 1. The fraction of sp³-hybridized carbons (Fsp3) is 0.643. The van der Waals surface area contributed by atoms with Gasteiger partial charge in [0, 0.05) is 20.2 Å². The topological polar surface area (TPSA) is 67.4 Å². The molecule has 0 saturated carbocycles. The number of hydrogen-bond donors (Lipinski definition) is 1. The highest BCUT2D eigenvalue weighted by Crippen LogP contribution is 2.09. The first-order valence-electron chi connectivity index (χ1n) is 6.99. The minimum atomic E-state index is -0.121. The quantitative estimate of drug-likeness (QED) is 0.786. The van der Waals surface area contributed by atoms with E-state index in [9.17, 15) is 4.79 Å². The first-order valence-corrected chi connectivity index (χ1v) is 6.99. The molecule has 0 aliphatic heterocycles. The molecule has 112 valence electrons. The third kappa shape index (κ3) is 4.45. The summed E-state index contributed by atoms with van der Waals surface area (Å²) in [6.45, 7) is 7.89. The van der Waals surface area contributed by atoms with Crippen LogP contribution in [0, 0.1) is 0 Å². The van der Waals surface area contributed by atoms with Crippen molar-refractivity contribution in [2.24, 2.45) is 0 Å². The van der Waals surface area contributed by atoms with Gasteiger partial charge < -0.3 is 15.0 Å². The Morgan fingerprint density at radius 3 is 2.80 bits per heavy atom. The average molecular weight is 280 g/mol. The molecule has 0 radical (unpaired) electrons. The fourth-order valence-corrected chi connectivity index (χ4v) is 1.94. The van der Waals surface area contributed by atoms with Gasteiger partial charge in [0.15, 0.2) is 0 Å². The van der Waals surface area contributed by atoms with Gasteiger partial charge in [0.2, 0.25) is 0 Å². The van der Waals surface area contributed by atoms with Gasteiger partial charge in [-0.1, -0.05) is 6.92 Å². The van der Waals surface area contributed by atoms with Crippen molar-refractivity contribution >= 4 is 11.7 Å². The van der Waals surface area contributed by atoms with Gasteiger partial charge in [0.25, 0.3) is 5.91 Å². The molecule has 6 nitrogen and oxygen atoms in total. The average Bonchev–Trinajstić information content (AvgIpc) is 2.46. The zero-order valence-corrected chi connectivity index (χ0v) is 12.7. The molecule has 1 N–H and O–H groups in total. The van der Waals surface area contributed by atoms with E-state index in [4.69, 9.17) is 4.74 Å².